The maximum absolute atomic E-state index is 12.4. The third kappa shape index (κ3) is 6.87. The summed E-state index contributed by atoms with van der Waals surface area (Å²) < 4.78 is 0. The van der Waals surface area contributed by atoms with Crippen molar-refractivity contribution >= 4 is 23.2 Å². The molecule has 0 aliphatic carbocycles. The van der Waals surface area contributed by atoms with Gasteiger partial charge in [0.2, 0.25) is 11.8 Å². The minimum atomic E-state index is 0.00731. The summed E-state index contributed by atoms with van der Waals surface area (Å²) in [6.07, 6.45) is 5.51. The normalized spacial score (nSPS) is 18.3. The maximum atomic E-state index is 12.4. The molecule has 7 heteroatoms. The molecule has 1 aromatic carbocycles. The predicted octanol–water partition coefficient (Wildman–Crippen LogP) is 1.54. The highest BCUT2D eigenvalue weighted by molar-refractivity contribution is 5.92. The number of piperidine rings is 1. The second kappa shape index (κ2) is 11.0. The van der Waals surface area contributed by atoms with E-state index < -0.39 is 0 Å². The number of nitrogens with zero attached hydrogens (tertiary/aromatic N) is 3. The number of carbonyl (C=O) groups excluding carboxylic acids is 2. The summed E-state index contributed by atoms with van der Waals surface area (Å²) in [6, 6.07) is 8.16. The molecule has 2 saturated heterocycles. The molecule has 0 radical (unpaired) electrons. The van der Waals surface area contributed by atoms with Crippen molar-refractivity contribution in [2.45, 2.75) is 19.3 Å². The van der Waals surface area contributed by atoms with Gasteiger partial charge in [0.1, 0.15) is 0 Å². The molecule has 0 spiro atoms. The second-order valence-electron chi connectivity index (χ2n) is 7.79. The molecule has 0 aromatic heterocycles. The molecule has 0 saturated carbocycles. The zero-order valence-corrected chi connectivity index (χ0v) is 17.2. The first kappa shape index (κ1) is 21.3. The van der Waals surface area contributed by atoms with Crippen LogP contribution in [0.5, 0.6) is 0 Å². The number of benzene rings is 1. The first-order valence-electron chi connectivity index (χ1n) is 10.6. The first-order valence-corrected chi connectivity index (χ1v) is 10.6. The number of hydrogen-bond donors (Lipinski definition) is 2. The van der Waals surface area contributed by atoms with Crippen LogP contribution in [0.15, 0.2) is 36.9 Å². The summed E-state index contributed by atoms with van der Waals surface area (Å²) in [5, 5.41) is 5.80. The van der Waals surface area contributed by atoms with Gasteiger partial charge < -0.3 is 15.5 Å². The van der Waals surface area contributed by atoms with Crippen LogP contribution in [0.25, 0.3) is 0 Å². The van der Waals surface area contributed by atoms with Gasteiger partial charge in [-0.1, -0.05) is 6.08 Å². The minimum Gasteiger partial charge on any atom is -0.372 e. The molecule has 158 valence electrons. The summed E-state index contributed by atoms with van der Waals surface area (Å²) in [5.41, 5.74) is 2.07. The van der Waals surface area contributed by atoms with Crippen LogP contribution in [0.3, 0.4) is 0 Å². The molecule has 3 rings (SSSR count). The second-order valence-corrected chi connectivity index (χ2v) is 7.79. The molecule has 29 heavy (non-hydrogen) atoms. The van der Waals surface area contributed by atoms with Crippen LogP contribution in [-0.4, -0.2) is 80.5 Å². The van der Waals surface area contributed by atoms with E-state index in [-0.39, 0.29) is 11.8 Å². The highest BCUT2D eigenvalue weighted by Crippen LogP contribution is 2.21. The zero-order valence-electron chi connectivity index (χ0n) is 17.2. The number of nitrogens with one attached hydrogen (secondary N) is 2. The standard InChI is InChI=1S/C22H33N5O2/c1-2-10-23-21(28)17-25-13-15-26(16-14-25)18-22(29)24-19-6-8-20(9-7-19)27-11-4-3-5-12-27/h2,6-9H,1,3-5,10-18H2,(H,23,28)(H,24,29). The number of amides is 2. The zero-order chi connectivity index (χ0) is 20.5. The summed E-state index contributed by atoms with van der Waals surface area (Å²) >= 11 is 0. The van der Waals surface area contributed by atoms with E-state index in [2.05, 4.69) is 44.0 Å². The van der Waals surface area contributed by atoms with Gasteiger partial charge in [0.05, 0.1) is 13.1 Å². The number of rotatable bonds is 8. The number of piperazine rings is 1. The molecule has 2 aliphatic rings. The van der Waals surface area contributed by atoms with Crippen molar-refractivity contribution in [3.05, 3.63) is 36.9 Å². The topological polar surface area (TPSA) is 67.9 Å². The van der Waals surface area contributed by atoms with Crippen molar-refractivity contribution in [3.8, 4) is 0 Å². The van der Waals surface area contributed by atoms with Gasteiger partial charge in [0.25, 0.3) is 0 Å². The first-order chi connectivity index (χ1) is 14.1. The average Bonchev–Trinajstić information content (AvgIpc) is 2.75. The average molecular weight is 400 g/mol. The molecule has 2 fully saturated rings. The lowest BCUT2D eigenvalue weighted by Crippen LogP contribution is -2.51. The van der Waals surface area contributed by atoms with Crippen molar-refractivity contribution in [1.82, 2.24) is 15.1 Å². The molecular formula is C22H33N5O2. The van der Waals surface area contributed by atoms with E-state index in [0.717, 1.165) is 45.0 Å². The van der Waals surface area contributed by atoms with Gasteiger partial charge in [-0.25, -0.2) is 0 Å². The lowest BCUT2D eigenvalue weighted by molar-refractivity contribution is -0.123. The quantitative estimate of drug-likeness (QED) is 0.649. The molecule has 0 bridgehead atoms. The van der Waals surface area contributed by atoms with E-state index in [4.69, 9.17) is 0 Å². The van der Waals surface area contributed by atoms with E-state index in [0.29, 0.717) is 19.6 Å². The summed E-state index contributed by atoms with van der Waals surface area (Å²) in [6.45, 7) is 10.3. The molecule has 0 unspecified atom stereocenters. The lowest BCUT2D eigenvalue weighted by atomic mass is 10.1. The Morgan fingerprint density at radius 1 is 0.862 bits per heavy atom. The molecule has 2 aliphatic heterocycles. The largest absolute Gasteiger partial charge is 0.372 e. The van der Waals surface area contributed by atoms with E-state index >= 15 is 0 Å². The summed E-state index contributed by atoms with van der Waals surface area (Å²) in [5.74, 6) is 0.0250. The van der Waals surface area contributed by atoms with Gasteiger partial charge in [0, 0.05) is 57.2 Å². The van der Waals surface area contributed by atoms with E-state index in [1.807, 2.05) is 12.1 Å². The van der Waals surface area contributed by atoms with Gasteiger partial charge in [0.15, 0.2) is 0 Å². The third-order valence-electron chi connectivity index (χ3n) is 5.52. The lowest BCUT2D eigenvalue weighted by Gasteiger charge is -2.33. The van der Waals surface area contributed by atoms with Gasteiger partial charge in [-0.15, -0.1) is 6.58 Å². The molecule has 2 N–H and O–H groups in total. The third-order valence-corrected chi connectivity index (χ3v) is 5.52. The molecule has 1 aromatic rings. The fourth-order valence-corrected chi connectivity index (χ4v) is 3.86. The van der Waals surface area contributed by atoms with Crippen molar-refractivity contribution in [3.63, 3.8) is 0 Å². The van der Waals surface area contributed by atoms with Crippen LogP contribution in [0.1, 0.15) is 19.3 Å². The Morgan fingerprint density at radius 2 is 1.45 bits per heavy atom. The Morgan fingerprint density at radius 3 is 2.03 bits per heavy atom. The number of hydrogen-bond acceptors (Lipinski definition) is 5. The van der Waals surface area contributed by atoms with Crippen LogP contribution >= 0.6 is 0 Å². The SMILES string of the molecule is C=CCNC(=O)CN1CCN(CC(=O)Nc2ccc(N3CCCCC3)cc2)CC1. The monoisotopic (exact) mass is 399 g/mol. The molecular weight excluding hydrogens is 366 g/mol. The number of carbonyl (C=O) groups is 2. The van der Waals surface area contributed by atoms with Crippen molar-refractivity contribution in [2.24, 2.45) is 0 Å². The number of anilines is 2. The van der Waals surface area contributed by atoms with Crippen LogP contribution < -0.4 is 15.5 Å². The van der Waals surface area contributed by atoms with Gasteiger partial charge >= 0.3 is 0 Å². The highest BCUT2D eigenvalue weighted by Gasteiger charge is 2.20. The van der Waals surface area contributed by atoms with Gasteiger partial charge in [-0.05, 0) is 43.5 Å². The Hall–Kier alpha value is -2.38. The van der Waals surface area contributed by atoms with Gasteiger partial charge in [-0.2, -0.15) is 0 Å². The summed E-state index contributed by atoms with van der Waals surface area (Å²) in [4.78, 5) is 30.8. The fourth-order valence-electron chi connectivity index (χ4n) is 3.86. The maximum Gasteiger partial charge on any atom is 0.238 e. The Labute approximate surface area is 173 Å². The van der Waals surface area contributed by atoms with E-state index in [1.54, 1.807) is 6.08 Å². The highest BCUT2D eigenvalue weighted by atomic mass is 16.2. The van der Waals surface area contributed by atoms with Crippen LogP contribution in [0.2, 0.25) is 0 Å². The molecule has 2 amide bonds. The van der Waals surface area contributed by atoms with E-state index in [9.17, 15) is 9.59 Å². The molecule has 7 nitrogen and oxygen atoms in total. The van der Waals surface area contributed by atoms with Crippen molar-refractivity contribution in [2.75, 3.05) is 69.1 Å². The Bertz CT molecular complexity index is 677. The van der Waals surface area contributed by atoms with Crippen molar-refractivity contribution in [1.29, 1.82) is 0 Å². The summed E-state index contributed by atoms with van der Waals surface area (Å²) in [7, 11) is 0. The Balaban J connectivity index is 1.37. The van der Waals surface area contributed by atoms with Crippen LogP contribution in [-0.2, 0) is 9.59 Å². The smallest absolute Gasteiger partial charge is 0.238 e. The minimum absolute atomic E-state index is 0.00731. The van der Waals surface area contributed by atoms with Crippen molar-refractivity contribution < 1.29 is 9.59 Å². The molecule has 2 heterocycles. The molecule has 0 atom stereocenters. The predicted molar refractivity (Wildman–Crippen MR) is 117 cm³/mol. The van der Waals surface area contributed by atoms with Gasteiger partial charge in [-0.3, -0.25) is 19.4 Å². The van der Waals surface area contributed by atoms with Crippen LogP contribution in [0.4, 0.5) is 11.4 Å². The Kier molecular flexibility index (Phi) is 8.07. The fraction of sp³-hybridized carbons (Fsp3) is 0.545. The van der Waals surface area contributed by atoms with E-state index in [1.165, 1.54) is 24.9 Å². The van der Waals surface area contributed by atoms with Crippen LogP contribution in [0, 0.1) is 0 Å².